The summed E-state index contributed by atoms with van der Waals surface area (Å²) in [6.45, 7) is 6.91. The highest BCUT2D eigenvalue weighted by Crippen LogP contribution is 2.19. The maximum atomic E-state index is 11.6. The molecule has 2 N–H and O–H groups in total. The number of hydrogen-bond donors (Lipinski definition) is 2. The number of alkyl carbamates (subject to hydrolysis) is 1. The van der Waals surface area contributed by atoms with Crippen LogP contribution in [0.4, 0.5) is 4.79 Å². The van der Waals surface area contributed by atoms with Crippen LogP contribution < -0.4 is 5.32 Å². The molecule has 0 aromatic rings. The molecule has 2 atom stereocenters. The van der Waals surface area contributed by atoms with Crippen LogP contribution >= 0.6 is 0 Å². The molecule has 18 heavy (non-hydrogen) atoms. The number of aliphatic hydroxyl groups excluding tert-OH is 1. The molecule has 0 saturated carbocycles. The van der Waals surface area contributed by atoms with Gasteiger partial charge in [-0.3, -0.25) is 0 Å². The number of rotatable bonds is 4. The van der Waals surface area contributed by atoms with Crippen LogP contribution in [0.15, 0.2) is 0 Å². The molecule has 1 aliphatic rings. The number of carbonyl (C=O) groups excluding carboxylic acids is 1. The van der Waals surface area contributed by atoms with E-state index in [2.05, 4.69) is 5.32 Å². The monoisotopic (exact) mass is 259 g/mol. The lowest BCUT2D eigenvalue weighted by Crippen LogP contribution is -2.42. The molecule has 0 aromatic heterocycles. The second-order valence-electron chi connectivity index (χ2n) is 5.84. The highest BCUT2D eigenvalue weighted by molar-refractivity contribution is 5.68. The van der Waals surface area contributed by atoms with Gasteiger partial charge in [0.25, 0.3) is 0 Å². The standard InChI is InChI=1S/C13H25NO4/c1-13(2,3)18-12(16)14-11(8-15)7-10-5-4-6-17-9-10/h10-11,15H,4-9H2,1-3H3,(H,14,16). The predicted octanol–water partition coefficient (Wildman–Crippen LogP) is 1.69. The lowest BCUT2D eigenvalue weighted by molar-refractivity contribution is 0.0343. The molecule has 0 aliphatic carbocycles. The van der Waals surface area contributed by atoms with Crippen LogP contribution in [0.2, 0.25) is 0 Å². The van der Waals surface area contributed by atoms with Crippen molar-refractivity contribution in [2.75, 3.05) is 19.8 Å². The van der Waals surface area contributed by atoms with E-state index in [-0.39, 0.29) is 12.6 Å². The Balaban J connectivity index is 2.34. The molecule has 5 heteroatoms. The zero-order chi connectivity index (χ0) is 13.6. The molecule has 1 fully saturated rings. The van der Waals surface area contributed by atoms with E-state index in [1.807, 2.05) is 20.8 Å². The van der Waals surface area contributed by atoms with E-state index in [1.54, 1.807) is 0 Å². The Morgan fingerprint density at radius 3 is 2.78 bits per heavy atom. The van der Waals surface area contributed by atoms with Crippen molar-refractivity contribution >= 4 is 6.09 Å². The first-order valence-electron chi connectivity index (χ1n) is 6.59. The predicted molar refractivity (Wildman–Crippen MR) is 68.4 cm³/mol. The summed E-state index contributed by atoms with van der Waals surface area (Å²) in [7, 11) is 0. The molecule has 106 valence electrons. The molecule has 1 rings (SSSR count). The van der Waals surface area contributed by atoms with Crippen molar-refractivity contribution in [3.8, 4) is 0 Å². The number of aliphatic hydroxyl groups is 1. The maximum Gasteiger partial charge on any atom is 0.407 e. The molecular weight excluding hydrogens is 234 g/mol. The van der Waals surface area contributed by atoms with E-state index < -0.39 is 11.7 Å². The van der Waals surface area contributed by atoms with E-state index in [9.17, 15) is 9.90 Å². The van der Waals surface area contributed by atoms with E-state index in [0.29, 0.717) is 12.5 Å². The number of ether oxygens (including phenoxy) is 2. The fourth-order valence-electron chi connectivity index (χ4n) is 2.05. The molecule has 0 spiro atoms. The molecular formula is C13H25NO4. The topological polar surface area (TPSA) is 67.8 Å². The van der Waals surface area contributed by atoms with Crippen molar-refractivity contribution in [2.24, 2.45) is 5.92 Å². The van der Waals surface area contributed by atoms with E-state index in [4.69, 9.17) is 9.47 Å². The fraction of sp³-hybridized carbons (Fsp3) is 0.923. The Labute approximate surface area is 109 Å². The van der Waals surface area contributed by atoms with E-state index in [0.717, 1.165) is 25.9 Å². The van der Waals surface area contributed by atoms with Crippen molar-refractivity contribution in [2.45, 2.75) is 51.7 Å². The minimum Gasteiger partial charge on any atom is -0.444 e. The van der Waals surface area contributed by atoms with Gasteiger partial charge in [-0.2, -0.15) is 0 Å². The van der Waals surface area contributed by atoms with Crippen LogP contribution in [0.5, 0.6) is 0 Å². The van der Waals surface area contributed by atoms with Crippen LogP contribution in [0.1, 0.15) is 40.0 Å². The summed E-state index contributed by atoms with van der Waals surface area (Å²) in [5, 5.41) is 12.0. The van der Waals surface area contributed by atoms with Gasteiger partial charge in [0.1, 0.15) is 5.60 Å². The van der Waals surface area contributed by atoms with Gasteiger partial charge in [0, 0.05) is 13.2 Å². The summed E-state index contributed by atoms with van der Waals surface area (Å²) >= 11 is 0. The Bertz CT molecular complexity index is 256. The number of nitrogens with one attached hydrogen (secondary N) is 1. The zero-order valence-corrected chi connectivity index (χ0v) is 11.6. The molecule has 5 nitrogen and oxygen atoms in total. The normalized spacial score (nSPS) is 22.3. The second kappa shape index (κ2) is 6.95. The van der Waals surface area contributed by atoms with Gasteiger partial charge in [-0.15, -0.1) is 0 Å². The van der Waals surface area contributed by atoms with Gasteiger partial charge in [-0.05, 0) is 46.0 Å². The third-order valence-electron chi connectivity index (χ3n) is 2.81. The van der Waals surface area contributed by atoms with Crippen LogP contribution in [0.25, 0.3) is 0 Å². The molecule has 0 radical (unpaired) electrons. The smallest absolute Gasteiger partial charge is 0.407 e. The molecule has 0 bridgehead atoms. The average molecular weight is 259 g/mol. The molecule has 0 aromatic carbocycles. The molecule has 1 saturated heterocycles. The Kier molecular flexibility index (Phi) is 5.88. The number of carbonyl (C=O) groups is 1. The van der Waals surface area contributed by atoms with Gasteiger partial charge in [0.2, 0.25) is 0 Å². The van der Waals surface area contributed by atoms with Crippen LogP contribution in [0.3, 0.4) is 0 Å². The SMILES string of the molecule is CC(C)(C)OC(=O)NC(CO)CC1CCCOC1. The fourth-order valence-corrected chi connectivity index (χ4v) is 2.05. The summed E-state index contributed by atoms with van der Waals surface area (Å²) in [5.41, 5.74) is -0.516. The Morgan fingerprint density at radius 1 is 1.56 bits per heavy atom. The van der Waals surface area contributed by atoms with Crippen molar-refractivity contribution in [3.05, 3.63) is 0 Å². The number of amides is 1. The quantitative estimate of drug-likeness (QED) is 0.806. The summed E-state index contributed by atoms with van der Waals surface area (Å²) < 4.78 is 10.6. The first-order valence-corrected chi connectivity index (χ1v) is 6.59. The molecule has 2 unspecified atom stereocenters. The van der Waals surface area contributed by atoms with Gasteiger partial charge in [0.05, 0.1) is 12.6 Å². The second-order valence-corrected chi connectivity index (χ2v) is 5.84. The van der Waals surface area contributed by atoms with Crippen molar-refractivity contribution in [1.29, 1.82) is 0 Å². The zero-order valence-electron chi connectivity index (χ0n) is 11.6. The first-order chi connectivity index (χ1) is 8.40. The van der Waals surface area contributed by atoms with Crippen LogP contribution in [0, 0.1) is 5.92 Å². The van der Waals surface area contributed by atoms with Crippen molar-refractivity contribution < 1.29 is 19.4 Å². The van der Waals surface area contributed by atoms with Crippen LogP contribution in [-0.2, 0) is 9.47 Å². The van der Waals surface area contributed by atoms with Gasteiger partial charge in [0.15, 0.2) is 0 Å². The van der Waals surface area contributed by atoms with Gasteiger partial charge >= 0.3 is 6.09 Å². The summed E-state index contributed by atoms with van der Waals surface area (Å²) in [4.78, 5) is 11.6. The summed E-state index contributed by atoms with van der Waals surface area (Å²) in [5.74, 6) is 0.408. The van der Waals surface area contributed by atoms with Crippen molar-refractivity contribution in [3.63, 3.8) is 0 Å². The molecule has 1 heterocycles. The van der Waals surface area contributed by atoms with Gasteiger partial charge in [-0.1, -0.05) is 0 Å². The Hall–Kier alpha value is -0.810. The van der Waals surface area contributed by atoms with Crippen molar-refractivity contribution in [1.82, 2.24) is 5.32 Å². The van der Waals surface area contributed by atoms with Crippen LogP contribution in [-0.4, -0.2) is 42.7 Å². The average Bonchev–Trinajstić information content (AvgIpc) is 2.27. The third kappa shape index (κ3) is 6.21. The number of hydrogen-bond acceptors (Lipinski definition) is 4. The lowest BCUT2D eigenvalue weighted by Gasteiger charge is -2.27. The minimum atomic E-state index is -0.516. The van der Waals surface area contributed by atoms with Gasteiger partial charge in [-0.25, -0.2) is 4.79 Å². The Morgan fingerprint density at radius 2 is 2.28 bits per heavy atom. The third-order valence-corrected chi connectivity index (χ3v) is 2.81. The lowest BCUT2D eigenvalue weighted by atomic mass is 9.95. The maximum absolute atomic E-state index is 11.6. The molecule has 1 amide bonds. The van der Waals surface area contributed by atoms with E-state index >= 15 is 0 Å². The molecule has 1 aliphatic heterocycles. The van der Waals surface area contributed by atoms with E-state index in [1.165, 1.54) is 0 Å². The minimum absolute atomic E-state index is 0.0737. The summed E-state index contributed by atoms with van der Waals surface area (Å²) in [6.07, 6.45) is 2.40. The summed E-state index contributed by atoms with van der Waals surface area (Å²) in [6, 6.07) is -0.258. The largest absolute Gasteiger partial charge is 0.444 e. The highest BCUT2D eigenvalue weighted by atomic mass is 16.6. The first kappa shape index (κ1) is 15.2. The highest BCUT2D eigenvalue weighted by Gasteiger charge is 2.23. The van der Waals surface area contributed by atoms with Gasteiger partial charge < -0.3 is 19.9 Å².